The van der Waals surface area contributed by atoms with Gasteiger partial charge < -0.3 is 9.47 Å². The third-order valence-corrected chi connectivity index (χ3v) is 12.7. The van der Waals surface area contributed by atoms with Gasteiger partial charge in [0.2, 0.25) is 0 Å². The van der Waals surface area contributed by atoms with E-state index in [2.05, 4.69) is 161 Å². The summed E-state index contributed by atoms with van der Waals surface area (Å²) in [5.41, 5.74) is 8.82. The van der Waals surface area contributed by atoms with Gasteiger partial charge in [-0.25, -0.2) is 0 Å². The zero-order valence-electron chi connectivity index (χ0n) is 29.5. The van der Waals surface area contributed by atoms with Gasteiger partial charge in [0, 0.05) is 33.4 Å². The summed E-state index contributed by atoms with van der Waals surface area (Å²) in [5.74, 6) is 0.330. The van der Waals surface area contributed by atoms with Crippen LogP contribution in [0.1, 0.15) is 36.9 Å². The molecule has 0 saturated heterocycles. The molecule has 3 aromatic carbocycles. The van der Waals surface area contributed by atoms with Gasteiger partial charge in [0.25, 0.3) is 0 Å². The quantitative estimate of drug-likeness (QED) is 0.0842. The highest BCUT2D eigenvalue weighted by atomic mass is 127. The Kier molecular flexibility index (Phi) is 8.77. The van der Waals surface area contributed by atoms with Crippen molar-refractivity contribution < 1.29 is 0 Å². The molecule has 3 aliphatic carbocycles. The van der Waals surface area contributed by atoms with Crippen LogP contribution in [0.15, 0.2) is 174 Å². The van der Waals surface area contributed by atoms with E-state index in [-0.39, 0.29) is 23.9 Å². The maximum Gasteiger partial charge on any atom is 0.0995 e. The number of aromatic nitrogens is 1. The molecule has 53 heavy (non-hydrogen) atoms. The molecule has 0 spiro atoms. The first-order chi connectivity index (χ1) is 25.9. The van der Waals surface area contributed by atoms with E-state index in [1.165, 1.54) is 5.56 Å². The maximum absolute atomic E-state index is 10.8. The predicted octanol–water partition coefficient (Wildman–Crippen LogP) is 11.0. The van der Waals surface area contributed by atoms with Crippen LogP contribution >= 0.6 is 22.6 Å². The number of rotatable bonds is 6. The van der Waals surface area contributed by atoms with E-state index in [1.54, 1.807) is 6.08 Å². The Hall–Kier alpha value is -5.88. The van der Waals surface area contributed by atoms with Gasteiger partial charge in [0.15, 0.2) is 0 Å². The molecule has 4 aliphatic rings. The minimum atomic E-state index is -0.869. The molecule has 5 nitrogen and oxygen atoms in total. The minimum Gasteiger partial charge on any atom is -0.357 e. The van der Waals surface area contributed by atoms with Crippen molar-refractivity contribution in [1.82, 2.24) is 4.57 Å². The van der Waals surface area contributed by atoms with Crippen molar-refractivity contribution in [2.45, 2.75) is 41.3 Å². The number of fused-ring (bicyclic) bond motifs is 6. The molecule has 6 heteroatoms. The number of nitriles is 3. The first kappa shape index (κ1) is 34.2. The van der Waals surface area contributed by atoms with Gasteiger partial charge >= 0.3 is 0 Å². The van der Waals surface area contributed by atoms with E-state index in [0.29, 0.717) is 16.7 Å². The lowest BCUT2D eigenvalue weighted by Gasteiger charge is -2.42. The standard InChI is InChI=1S/C47H36IN5/c1-4-32(28-50)45(47(48)24-12-13-34(29-51)46(47)53-41-18-10-6-14-36(41)37-15-7-11-19-42(37)53)35(5-2)33-22-20-30(3)44(26-33)52-40-17-9-8-16-38(40)39-25-31(27-49)21-23-43(39)52/h4-26,30,38,40,44,46H,1H2,2-3H3/b35-5-,45-32-. The van der Waals surface area contributed by atoms with Crippen LogP contribution in [0.5, 0.6) is 0 Å². The van der Waals surface area contributed by atoms with E-state index in [1.807, 2.05) is 43.3 Å². The Morgan fingerprint density at radius 1 is 0.887 bits per heavy atom. The Morgan fingerprint density at radius 2 is 1.60 bits per heavy atom. The minimum absolute atomic E-state index is 0.00643. The van der Waals surface area contributed by atoms with Crippen molar-refractivity contribution >= 4 is 50.1 Å². The summed E-state index contributed by atoms with van der Waals surface area (Å²) in [6.07, 6.45) is 25.3. The number of anilines is 1. The molecule has 1 aromatic heterocycles. The smallest absolute Gasteiger partial charge is 0.0995 e. The van der Waals surface area contributed by atoms with Crippen molar-refractivity contribution in [3.8, 4) is 18.2 Å². The SMILES string of the molecule is C=C/C(C#N)=C(\C(=C/C)C1=CC(N2c3ccc(C#N)cc3C3C=CC=CC32)C(C)C=C1)C1(I)C=CC=C(C#N)C1n1c2ccccc2c2ccccc21. The average molecular weight is 798 g/mol. The van der Waals surface area contributed by atoms with Gasteiger partial charge in [-0.2, -0.15) is 15.8 Å². The summed E-state index contributed by atoms with van der Waals surface area (Å²) in [4.78, 5) is 2.50. The van der Waals surface area contributed by atoms with E-state index < -0.39 is 9.46 Å². The van der Waals surface area contributed by atoms with E-state index in [9.17, 15) is 15.8 Å². The van der Waals surface area contributed by atoms with E-state index in [4.69, 9.17) is 0 Å². The first-order valence-electron chi connectivity index (χ1n) is 17.9. The van der Waals surface area contributed by atoms with Crippen molar-refractivity contribution in [3.63, 3.8) is 0 Å². The number of hydrogen-bond acceptors (Lipinski definition) is 4. The molecule has 6 atom stereocenters. The zero-order chi connectivity index (χ0) is 36.9. The van der Waals surface area contributed by atoms with Crippen LogP contribution in [-0.4, -0.2) is 20.1 Å². The number of benzene rings is 3. The maximum atomic E-state index is 10.8. The third kappa shape index (κ3) is 5.30. The summed E-state index contributed by atoms with van der Waals surface area (Å²) >= 11 is 2.49. The van der Waals surface area contributed by atoms with Crippen LogP contribution in [-0.2, 0) is 0 Å². The Morgan fingerprint density at radius 3 is 2.26 bits per heavy atom. The fraction of sp³-hybridized carbons (Fsp3) is 0.170. The molecule has 1 aliphatic heterocycles. The largest absolute Gasteiger partial charge is 0.357 e. The van der Waals surface area contributed by atoms with Gasteiger partial charge in [-0.3, -0.25) is 0 Å². The molecule has 0 radical (unpaired) electrons. The van der Waals surface area contributed by atoms with Crippen molar-refractivity contribution in [3.05, 3.63) is 185 Å². The monoisotopic (exact) mass is 797 g/mol. The van der Waals surface area contributed by atoms with Crippen LogP contribution in [0.3, 0.4) is 0 Å². The van der Waals surface area contributed by atoms with Gasteiger partial charge in [-0.05, 0) is 71.5 Å². The number of hydrogen-bond donors (Lipinski definition) is 0. The molecular weight excluding hydrogens is 761 g/mol. The molecule has 6 unspecified atom stereocenters. The number of halogens is 1. The molecule has 0 fully saturated rings. The topological polar surface area (TPSA) is 79.5 Å². The van der Waals surface area contributed by atoms with Crippen LogP contribution in [0, 0.1) is 39.9 Å². The first-order valence-corrected chi connectivity index (χ1v) is 18.9. The van der Waals surface area contributed by atoms with Gasteiger partial charge in [-0.1, -0.05) is 139 Å². The number of allylic oxidation sites excluding steroid dienone is 13. The number of alkyl halides is 1. The van der Waals surface area contributed by atoms with E-state index >= 15 is 0 Å². The molecule has 0 saturated carbocycles. The van der Waals surface area contributed by atoms with Crippen LogP contribution < -0.4 is 4.90 Å². The lowest BCUT2D eigenvalue weighted by Crippen LogP contribution is -2.44. The summed E-state index contributed by atoms with van der Waals surface area (Å²) in [7, 11) is 0. The van der Waals surface area contributed by atoms with Crippen LogP contribution in [0.25, 0.3) is 21.8 Å². The summed E-state index contributed by atoms with van der Waals surface area (Å²) < 4.78 is 1.42. The zero-order valence-corrected chi connectivity index (χ0v) is 31.6. The van der Waals surface area contributed by atoms with E-state index in [0.717, 1.165) is 44.2 Å². The molecule has 256 valence electrons. The second kappa shape index (κ2) is 13.6. The fourth-order valence-electron chi connectivity index (χ4n) is 8.86. The van der Waals surface area contributed by atoms with Crippen molar-refractivity contribution in [2.24, 2.45) is 5.92 Å². The highest BCUT2D eigenvalue weighted by Crippen LogP contribution is 2.54. The average Bonchev–Trinajstić information content (AvgIpc) is 3.70. The van der Waals surface area contributed by atoms with Crippen molar-refractivity contribution in [2.75, 3.05) is 4.90 Å². The Bertz CT molecular complexity index is 2550. The van der Waals surface area contributed by atoms with Crippen molar-refractivity contribution in [1.29, 1.82) is 15.8 Å². The van der Waals surface area contributed by atoms with Crippen LogP contribution in [0.4, 0.5) is 5.69 Å². The normalized spacial score (nSPS) is 26.2. The second-order valence-electron chi connectivity index (χ2n) is 13.9. The van der Waals surface area contributed by atoms with Gasteiger partial charge in [-0.15, -0.1) is 0 Å². The Balaban J connectivity index is 1.32. The molecule has 4 aromatic rings. The molecule has 0 N–H and O–H groups in total. The van der Waals surface area contributed by atoms with Crippen LogP contribution in [0.2, 0.25) is 0 Å². The summed E-state index contributed by atoms with van der Waals surface area (Å²) in [6, 6.07) is 29.7. The second-order valence-corrected chi connectivity index (χ2v) is 15.7. The number of nitrogens with zero attached hydrogens (tertiary/aromatic N) is 5. The third-order valence-electron chi connectivity index (χ3n) is 11.2. The number of para-hydroxylation sites is 2. The Labute approximate surface area is 324 Å². The van der Waals surface area contributed by atoms with Gasteiger partial charge in [0.05, 0.1) is 56.5 Å². The predicted molar refractivity (Wildman–Crippen MR) is 223 cm³/mol. The molecular formula is C47H36IN5. The van der Waals surface area contributed by atoms with Gasteiger partial charge in [0.1, 0.15) is 0 Å². The molecule has 2 heterocycles. The lowest BCUT2D eigenvalue weighted by molar-refractivity contribution is 0.527. The highest BCUT2D eigenvalue weighted by Gasteiger charge is 2.47. The molecule has 8 rings (SSSR count). The highest BCUT2D eigenvalue weighted by molar-refractivity contribution is 14.1. The fourth-order valence-corrected chi connectivity index (χ4v) is 10.3. The summed E-state index contributed by atoms with van der Waals surface area (Å²) in [6.45, 7) is 8.41. The lowest BCUT2D eigenvalue weighted by atomic mass is 9.75. The molecule has 0 amide bonds. The molecule has 0 bridgehead atoms. The summed E-state index contributed by atoms with van der Waals surface area (Å²) in [5, 5.41) is 33.6.